The summed E-state index contributed by atoms with van der Waals surface area (Å²) in [6.07, 6.45) is 4.60. The summed E-state index contributed by atoms with van der Waals surface area (Å²) >= 11 is 0. The number of fused-ring (bicyclic) bond motifs is 3. The van der Waals surface area contributed by atoms with Crippen LogP contribution in [0.25, 0.3) is 21.9 Å². The second-order valence-electron chi connectivity index (χ2n) is 7.74. The van der Waals surface area contributed by atoms with Gasteiger partial charge in [-0.05, 0) is 44.9 Å². The molecule has 0 spiro atoms. The molecule has 1 saturated heterocycles. The smallest absolute Gasteiger partial charge is 0.133 e. The molecule has 7 nitrogen and oxygen atoms in total. The first-order valence-corrected chi connectivity index (χ1v) is 9.99. The first-order valence-electron chi connectivity index (χ1n) is 9.99. The van der Waals surface area contributed by atoms with E-state index in [1.165, 1.54) is 0 Å². The van der Waals surface area contributed by atoms with Gasteiger partial charge in [0, 0.05) is 24.1 Å². The minimum Gasteiger partial charge on any atom is -0.497 e. The fourth-order valence-corrected chi connectivity index (χ4v) is 4.32. The summed E-state index contributed by atoms with van der Waals surface area (Å²) in [5.74, 6) is 2.59. The molecular weight excluding hydrogens is 368 g/mol. The summed E-state index contributed by atoms with van der Waals surface area (Å²) in [6.45, 7) is 4.79. The van der Waals surface area contributed by atoms with Crippen LogP contribution in [0.4, 0.5) is 0 Å². The Labute approximate surface area is 168 Å². The molecule has 150 valence electrons. The van der Waals surface area contributed by atoms with Crippen LogP contribution in [0.1, 0.15) is 43.1 Å². The standard InChI is InChI=1S/C22H24N4O3/c1-13-9-16(6-7-28-13)26-21(10-15-8-14(2)29-25-15)24-20-12-23-19-5-4-17(27-3)11-18(19)22(20)26/h4-5,8,11-13,16H,6-7,9-10H2,1-3H3/t13-,16-/m1/s1. The normalized spacial score (nSPS) is 19.8. The summed E-state index contributed by atoms with van der Waals surface area (Å²) in [7, 11) is 1.69. The number of rotatable bonds is 4. The quantitative estimate of drug-likeness (QED) is 0.518. The lowest BCUT2D eigenvalue weighted by Crippen LogP contribution is -2.26. The van der Waals surface area contributed by atoms with Crippen molar-refractivity contribution >= 4 is 21.9 Å². The van der Waals surface area contributed by atoms with Gasteiger partial charge in [-0.2, -0.15) is 0 Å². The molecule has 1 aliphatic rings. The number of aromatic nitrogens is 4. The molecule has 29 heavy (non-hydrogen) atoms. The van der Waals surface area contributed by atoms with Gasteiger partial charge in [-0.1, -0.05) is 5.16 Å². The minimum atomic E-state index is 0.219. The van der Waals surface area contributed by atoms with Gasteiger partial charge < -0.3 is 18.6 Å². The highest BCUT2D eigenvalue weighted by molar-refractivity contribution is 6.03. The molecule has 0 bridgehead atoms. The largest absolute Gasteiger partial charge is 0.497 e. The lowest BCUT2D eigenvalue weighted by molar-refractivity contribution is 0.00630. The Hall–Kier alpha value is -2.93. The topological polar surface area (TPSA) is 75.2 Å². The lowest BCUT2D eigenvalue weighted by Gasteiger charge is -2.30. The second-order valence-corrected chi connectivity index (χ2v) is 7.74. The molecule has 5 rings (SSSR count). The summed E-state index contributed by atoms with van der Waals surface area (Å²) in [6, 6.07) is 8.27. The zero-order valence-corrected chi connectivity index (χ0v) is 16.9. The summed E-state index contributed by atoms with van der Waals surface area (Å²) in [5.41, 5.74) is 3.81. The molecule has 0 aliphatic carbocycles. The van der Waals surface area contributed by atoms with Crippen LogP contribution >= 0.6 is 0 Å². The van der Waals surface area contributed by atoms with E-state index in [4.69, 9.17) is 19.0 Å². The number of benzene rings is 1. The maximum Gasteiger partial charge on any atom is 0.133 e. The molecular formula is C22H24N4O3. The highest BCUT2D eigenvalue weighted by Gasteiger charge is 2.26. The number of hydrogen-bond acceptors (Lipinski definition) is 6. The fourth-order valence-electron chi connectivity index (χ4n) is 4.32. The number of methoxy groups -OCH3 is 1. The number of hydrogen-bond donors (Lipinski definition) is 0. The van der Waals surface area contributed by atoms with Crippen molar-refractivity contribution in [2.45, 2.75) is 45.3 Å². The molecule has 1 fully saturated rings. The van der Waals surface area contributed by atoms with E-state index in [0.29, 0.717) is 12.5 Å². The van der Waals surface area contributed by atoms with E-state index in [1.807, 2.05) is 31.3 Å². The van der Waals surface area contributed by atoms with E-state index in [0.717, 1.165) is 64.4 Å². The van der Waals surface area contributed by atoms with Gasteiger partial charge in [0.25, 0.3) is 0 Å². The molecule has 0 unspecified atom stereocenters. The molecule has 7 heteroatoms. The number of aryl methyl sites for hydroxylation is 1. The SMILES string of the molecule is COc1ccc2ncc3nc(Cc4cc(C)on4)n([C@@H]4CCO[C@H](C)C4)c3c2c1. The van der Waals surface area contributed by atoms with Crippen LogP contribution < -0.4 is 4.74 Å². The zero-order valence-electron chi connectivity index (χ0n) is 16.9. The maximum atomic E-state index is 5.81. The number of pyridine rings is 1. The van der Waals surface area contributed by atoms with Crippen LogP contribution in [-0.4, -0.2) is 39.5 Å². The van der Waals surface area contributed by atoms with E-state index >= 15 is 0 Å². The maximum absolute atomic E-state index is 5.81. The van der Waals surface area contributed by atoms with E-state index < -0.39 is 0 Å². The molecule has 0 amide bonds. The van der Waals surface area contributed by atoms with Gasteiger partial charge >= 0.3 is 0 Å². The van der Waals surface area contributed by atoms with Crippen molar-refractivity contribution in [2.75, 3.05) is 13.7 Å². The molecule has 0 saturated carbocycles. The van der Waals surface area contributed by atoms with Crippen LogP contribution in [-0.2, 0) is 11.2 Å². The van der Waals surface area contributed by atoms with Gasteiger partial charge in [-0.3, -0.25) is 4.98 Å². The number of imidazole rings is 1. The fraction of sp³-hybridized carbons (Fsp3) is 0.409. The Morgan fingerprint density at radius 2 is 2.14 bits per heavy atom. The van der Waals surface area contributed by atoms with Crippen LogP contribution in [0.3, 0.4) is 0 Å². The van der Waals surface area contributed by atoms with E-state index in [9.17, 15) is 0 Å². The monoisotopic (exact) mass is 392 g/mol. The molecule has 1 aromatic carbocycles. The van der Waals surface area contributed by atoms with Gasteiger partial charge in [0.05, 0.1) is 42.6 Å². The summed E-state index contributed by atoms with van der Waals surface area (Å²) in [4.78, 5) is 9.58. The third-order valence-corrected chi connectivity index (χ3v) is 5.63. The molecule has 4 aromatic rings. The second kappa shape index (κ2) is 7.15. The van der Waals surface area contributed by atoms with Crippen LogP contribution in [0.2, 0.25) is 0 Å². The van der Waals surface area contributed by atoms with Gasteiger partial charge in [0.1, 0.15) is 22.9 Å². The molecule has 1 aliphatic heterocycles. The van der Waals surface area contributed by atoms with Gasteiger partial charge in [0.15, 0.2) is 0 Å². The highest BCUT2D eigenvalue weighted by atomic mass is 16.5. The van der Waals surface area contributed by atoms with Gasteiger partial charge in [-0.25, -0.2) is 4.98 Å². The third-order valence-electron chi connectivity index (χ3n) is 5.63. The van der Waals surface area contributed by atoms with Crippen molar-refractivity contribution in [3.63, 3.8) is 0 Å². The lowest BCUT2D eigenvalue weighted by atomic mass is 10.0. The van der Waals surface area contributed by atoms with Crippen molar-refractivity contribution in [1.29, 1.82) is 0 Å². The van der Waals surface area contributed by atoms with Crippen LogP contribution in [0.15, 0.2) is 35.0 Å². The first-order chi connectivity index (χ1) is 14.1. The van der Waals surface area contributed by atoms with Gasteiger partial charge in [-0.15, -0.1) is 0 Å². The molecule has 0 N–H and O–H groups in total. The Balaban J connectivity index is 1.74. The van der Waals surface area contributed by atoms with Crippen molar-refractivity contribution in [3.05, 3.63) is 47.7 Å². The zero-order chi connectivity index (χ0) is 20.0. The highest BCUT2D eigenvalue weighted by Crippen LogP contribution is 2.35. The average Bonchev–Trinajstić information content (AvgIpc) is 3.30. The molecule has 0 radical (unpaired) electrons. The van der Waals surface area contributed by atoms with E-state index in [-0.39, 0.29) is 6.10 Å². The number of ether oxygens (including phenoxy) is 2. The van der Waals surface area contributed by atoms with Crippen molar-refractivity contribution in [3.8, 4) is 5.75 Å². The average molecular weight is 392 g/mol. The van der Waals surface area contributed by atoms with Crippen molar-refractivity contribution in [2.24, 2.45) is 0 Å². The minimum absolute atomic E-state index is 0.219. The summed E-state index contributed by atoms with van der Waals surface area (Å²) < 4.78 is 18.9. The predicted molar refractivity (Wildman–Crippen MR) is 109 cm³/mol. The van der Waals surface area contributed by atoms with Crippen LogP contribution in [0, 0.1) is 6.92 Å². The first kappa shape index (κ1) is 18.1. The Morgan fingerprint density at radius 3 is 2.90 bits per heavy atom. The van der Waals surface area contributed by atoms with Crippen molar-refractivity contribution in [1.82, 2.24) is 19.7 Å². The molecule has 4 heterocycles. The third kappa shape index (κ3) is 3.25. The Bertz CT molecular complexity index is 1180. The Kier molecular flexibility index (Phi) is 4.47. The van der Waals surface area contributed by atoms with E-state index in [2.05, 4.69) is 27.7 Å². The number of nitrogens with zero attached hydrogens (tertiary/aromatic N) is 4. The van der Waals surface area contributed by atoms with E-state index in [1.54, 1.807) is 7.11 Å². The molecule has 2 atom stereocenters. The predicted octanol–water partition coefficient (Wildman–Crippen LogP) is 4.22. The molecule has 3 aromatic heterocycles. The Morgan fingerprint density at radius 1 is 1.24 bits per heavy atom. The van der Waals surface area contributed by atoms with Crippen LogP contribution in [0.5, 0.6) is 5.75 Å². The van der Waals surface area contributed by atoms with Gasteiger partial charge in [0.2, 0.25) is 0 Å². The van der Waals surface area contributed by atoms with Crippen molar-refractivity contribution < 1.29 is 14.0 Å². The summed E-state index contributed by atoms with van der Waals surface area (Å²) in [5, 5.41) is 5.24.